The van der Waals surface area contributed by atoms with E-state index in [-0.39, 0.29) is 5.91 Å². The van der Waals surface area contributed by atoms with Gasteiger partial charge in [-0.15, -0.1) is 0 Å². The third kappa shape index (κ3) is 2.67. The van der Waals surface area contributed by atoms with Crippen LogP contribution in [0.15, 0.2) is 53.6 Å². The van der Waals surface area contributed by atoms with Crippen LogP contribution in [0.4, 0.5) is 5.69 Å². The Hall–Kier alpha value is -2.09. The van der Waals surface area contributed by atoms with Crippen LogP contribution in [0.1, 0.15) is 45.6 Å². The van der Waals surface area contributed by atoms with E-state index in [2.05, 4.69) is 32.7 Å². The van der Waals surface area contributed by atoms with Crippen molar-refractivity contribution in [1.29, 1.82) is 0 Å². The minimum atomic E-state index is 0.0255. The predicted molar refractivity (Wildman–Crippen MR) is 97.1 cm³/mol. The third-order valence-corrected chi connectivity index (χ3v) is 5.22. The molecule has 2 unspecified atom stereocenters. The fourth-order valence-corrected chi connectivity index (χ4v) is 3.74. The summed E-state index contributed by atoms with van der Waals surface area (Å²) in [6.07, 6.45) is 5.16. The Labute approximate surface area is 139 Å². The summed E-state index contributed by atoms with van der Waals surface area (Å²) >= 11 is 0. The van der Waals surface area contributed by atoms with Crippen LogP contribution in [0.2, 0.25) is 0 Å². The van der Waals surface area contributed by atoms with Gasteiger partial charge in [0.25, 0.3) is 5.91 Å². The quantitative estimate of drug-likeness (QED) is 0.746. The predicted octanol–water partition coefficient (Wildman–Crippen LogP) is 5.35. The van der Waals surface area contributed by atoms with Crippen molar-refractivity contribution < 1.29 is 4.79 Å². The molecule has 1 heterocycles. The average Bonchev–Trinajstić information content (AvgIpc) is 3.03. The Kier molecular flexibility index (Phi) is 4.25. The zero-order chi connectivity index (χ0) is 16.6. The number of carbonyl (C=O) groups excluding carboxylic acids is 1. The van der Waals surface area contributed by atoms with Crippen LogP contribution in [-0.4, -0.2) is 5.91 Å². The maximum absolute atomic E-state index is 12.5. The Morgan fingerprint density at radius 2 is 2.13 bits per heavy atom. The van der Waals surface area contributed by atoms with E-state index in [1.807, 2.05) is 30.3 Å². The fraction of sp³-hybridized carbons (Fsp3) is 0.381. The summed E-state index contributed by atoms with van der Waals surface area (Å²) in [5.74, 6) is 1.18. The highest BCUT2D eigenvalue weighted by molar-refractivity contribution is 6.32. The van der Waals surface area contributed by atoms with Crippen molar-refractivity contribution in [2.45, 2.75) is 40.0 Å². The largest absolute Gasteiger partial charge is 0.321 e. The molecule has 1 amide bonds. The molecule has 0 radical (unpaired) electrons. The molecule has 23 heavy (non-hydrogen) atoms. The van der Waals surface area contributed by atoms with Crippen molar-refractivity contribution in [2.24, 2.45) is 11.8 Å². The molecule has 2 aliphatic rings. The summed E-state index contributed by atoms with van der Waals surface area (Å²) in [5.41, 5.74) is 6.65. The maximum atomic E-state index is 12.5. The minimum absolute atomic E-state index is 0.0255. The second kappa shape index (κ2) is 6.19. The lowest BCUT2D eigenvalue weighted by Gasteiger charge is -2.14. The smallest absolute Gasteiger partial charge is 0.256 e. The second-order valence-electron chi connectivity index (χ2n) is 6.82. The molecule has 0 bridgehead atoms. The van der Waals surface area contributed by atoms with Crippen LogP contribution in [0, 0.1) is 11.8 Å². The van der Waals surface area contributed by atoms with E-state index in [4.69, 9.17) is 0 Å². The van der Waals surface area contributed by atoms with Gasteiger partial charge in [0.1, 0.15) is 0 Å². The number of hydrogen-bond acceptors (Lipinski definition) is 1. The molecule has 2 nitrogen and oxygen atoms in total. The number of rotatable bonds is 4. The van der Waals surface area contributed by atoms with Gasteiger partial charge in [-0.1, -0.05) is 63.6 Å². The molecule has 1 N–H and O–H groups in total. The molecule has 1 aromatic rings. The SMILES string of the molecule is C=CC1=C(CC(C)CC)C(C)C/C1=C1/C(=O)Nc2ccccc21. The Morgan fingerprint density at radius 1 is 1.39 bits per heavy atom. The molecule has 2 atom stereocenters. The molecular weight excluding hydrogens is 282 g/mol. The molecule has 2 heteroatoms. The van der Waals surface area contributed by atoms with Gasteiger partial charge >= 0.3 is 0 Å². The molecule has 0 saturated carbocycles. The molecule has 1 aliphatic carbocycles. The molecule has 0 fully saturated rings. The molecule has 1 aromatic carbocycles. The van der Waals surface area contributed by atoms with E-state index in [9.17, 15) is 4.79 Å². The summed E-state index contributed by atoms with van der Waals surface area (Å²) in [7, 11) is 0. The van der Waals surface area contributed by atoms with Crippen LogP contribution >= 0.6 is 0 Å². The van der Waals surface area contributed by atoms with Crippen molar-refractivity contribution in [2.75, 3.05) is 5.32 Å². The molecule has 120 valence electrons. The lowest BCUT2D eigenvalue weighted by Crippen LogP contribution is -2.06. The highest BCUT2D eigenvalue weighted by Gasteiger charge is 2.33. The number of anilines is 1. The fourth-order valence-electron chi connectivity index (χ4n) is 3.74. The van der Waals surface area contributed by atoms with Gasteiger partial charge in [-0.3, -0.25) is 4.79 Å². The number of nitrogens with one attached hydrogen (secondary N) is 1. The summed E-state index contributed by atoms with van der Waals surface area (Å²) in [6, 6.07) is 7.96. The molecule has 1 aliphatic heterocycles. The highest BCUT2D eigenvalue weighted by atomic mass is 16.2. The maximum Gasteiger partial charge on any atom is 0.256 e. The first-order valence-electron chi connectivity index (χ1n) is 8.56. The van der Waals surface area contributed by atoms with Gasteiger partial charge in [0.2, 0.25) is 0 Å². The first kappa shape index (κ1) is 15.8. The second-order valence-corrected chi connectivity index (χ2v) is 6.82. The van der Waals surface area contributed by atoms with E-state index in [0.717, 1.165) is 29.7 Å². The van der Waals surface area contributed by atoms with Gasteiger partial charge in [-0.2, -0.15) is 0 Å². The number of hydrogen-bond donors (Lipinski definition) is 1. The number of benzene rings is 1. The van der Waals surface area contributed by atoms with E-state index >= 15 is 0 Å². The lowest BCUT2D eigenvalue weighted by molar-refractivity contribution is -0.110. The number of amides is 1. The topological polar surface area (TPSA) is 29.1 Å². The van der Waals surface area contributed by atoms with Crippen LogP contribution < -0.4 is 5.32 Å². The van der Waals surface area contributed by atoms with Crippen LogP contribution in [0.5, 0.6) is 0 Å². The number of fused-ring (bicyclic) bond motifs is 1. The summed E-state index contributed by atoms with van der Waals surface area (Å²) < 4.78 is 0. The summed E-state index contributed by atoms with van der Waals surface area (Å²) in [4.78, 5) is 12.5. The third-order valence-electron chi connectivity index (χ3n) is 5.22. The van der Waals surface area contributed by atoms with Crippen LogP contribution in [-0.2, 0) is 4.79 Å². The lowest BCUT2D eigenvalue weighted by atomic mass is 9.91. The number of para-hydroxylation sites is 1. The monoisotopic (exact) mass is 307 g/mol. The molecule has 0 spiro atoms. The van der Waals surface area contributed by atoms with Crippen LogP contribution in [0.25, 0.3) is 5.57 Å². The first-order valence-corrected chi connectivity index (χ1v) is 8.56. The molecule has 0 saturated heterocycles. The van der Waals surface area contributed by atoms with Gasteiger partial charge in [0.15, 0.2) is 0 Å². The molecule has 3 rings (SSSR count). The molecule has 0 aromatic heterocycles. The minimum Gasteiger partial charge on any atom is -0.321 e. The normalized spacial score (nSPS) is 24.7. The average molecular weight is 307 g/mol. The van der Waals surface area contributed by atoms with Crippen molar-refractivity contribution in [3.63, 3.8) is 0 Å². The van der Waals surface area contributed by atoms with E-state index in [1.165, 1.54) is 23.1 Å². The van der Waals surface area contributed by atoms with Crippen molar-refractivity contribution >= 4 is 17.2 Å². The number of carbonyl (C=O) groups is 1. The summed E-state index contributed by atoms with van der Waals surface area (Å²) in [5, 5.41) is 3.00. The van der Waals surface area contributed by atoms with Crippen molar-refractivity contribution in [3.8, 4) is 0 Å². The van der Waals surface area contributed by atoms with E-state index in [1.54, 1.807) is 0 Å². The van der Waals surface area contributed by atoms with Gasteiger partial charge in [-0.25, -0.2) is 0 Å². The summed E-state index contributed by atoms with van der Waals surface area (Å²) in [6.45, 7) is 10.8. The van der Waals surface area contributed by atoms with E-state index < -0.39 is 0 Å². The van der Waals surface area contributed by atoms with E-state index in [0.29, 0.717) is 11.8 Å². The Morgan fingerprint density at radius 3 is 2.83 bits per heavy atom. The van der Waals surface area contributed by atoms with Gasteiger partial charge in [-0.05, 0) is 41.9 Å². The Bertz CT molecular complexity index is 723. The van der Waals surface area contributed by atoms with Crippen molar-refractivity contribution in [1.82, 2.24) is 0 Å². The van der Waals surface area contributed by atoms with Gasteiger partial charge in [0, 0.05) is 11.3 Å². The highest BCUT2D eigenvalue weighted by Crippen LogP contribution is 2.46. The van der Waals surface area contributed by atoms with Crippen molar-refractivity contribution in [3.05, 3.63) is 59.2 Å². The molecular formula is C21H25NO. The van der Waals surface area contributed by atoms with Crippen LogP contribution in [0.3, 0.4) is 0 Å². The van der Waals surface area contributed by atoms with Gasteiger partial charge < -0.3 is 5.32 Å². The van der Waals surface area contributed by atoms with Gasteiger partial charge in [0.05, 0.1) is 5.57 Å². The Balaban J connectivity index is 2.13. The standard InChI is InChI=1S/C21H25NO/c1-5-13(3)11-17-14(4)12-18(15(17)6-2)20-16-9-7-8-10-19(16)22-21(20)23/h6-10,13-14H,2,5,11-12H2,1,3-4H3,(H,22,23)/b20-18-. The zero-order valence-corrected chi connectivity index (χ0v) is 14.3. The first-order chi connectivity index (χ1) is 11.1. The zero-order valence-electron chi connectivity index (χ0n) is 14.3. The number of allylic oxidation sites excluding steroid dienone is 4.